The van der Waals surface area contributed by atoms with Crippen molar-refractivity contribution in [3.8, 4) is 5.75 Å². The number of aliphatic carboxylic acids is 1. The van der Waals surface area contributed by atoms with Crippen LogP contribution < -0.4 is 4.74 Å². The molecular formula is C20H22ClNO3. The molecule has 5 heteroatoms. The van der Waals surface area contributed by atoms with Crippen LogP contribution in [0.1, 0.15) is 36.9 Å². The minimum absolute atomic E-state index is 0.177. The number of likely N-dealkylation sites (tertiary alicyclic amines) is 1. The molecule has 0 radical (unpaired) electrons. The molecule has 2 aromatic rings. The van der Waals surface area contributed by atoms with Gasteiger partial charge in [-0.3, -0.25) is 9.69 Å². The zero-order valence-electron chi connectivity index (χ0n) is 14.2. The second-order valence-electron chi connectivity index (χ2n) is 6.16. The van der Waals surface area contributed by atoms with Crippen LogP contribution in [-0.2, 0) is 4.79 Å². The van der Waals surface area contributed by atoms with Crippen molar-refractivity contribution in [2.75, 3.05) is 13.2 Å². The second kappa shape index (κ2) is 7.89. The summed E-state index contributed by atoms with van der Waals surface area (Å²) in [5.74, 6) is 0.0198. The molecule has 1 aliphatic rings. The molecule has 4 nitrogen and oxygen atoms in total. The highest BCUT2D eigenvalue weighted by molar-refractivity contribution is 6.30. The van der Waals surface area contributed by atoms with Gasteiger partial charge in [-0.15, -0.1) is 0 Å². The molecular weight excluding hydrogens is 338 g/mol. The van der Waals surface area contributed by atoms with Crippen molar-refractivity contribution in [2.24, 2.45) is 0 Å². The molecule has 0 aromatic heterocycles. The Labute approximate surface area is 153 Å². The Balaban J connectivity index is 2.09. The Kier molecular flexibility index (Phi) is 5.61. The zero-order chi connectivity index (χ0) is 17.8. The van der Waals surface area contributed by atoms with Gasteiger partial charge in [-0.05, 0) is 43.5 Å². The molecule has 1 fully saturated rings. The molecule has 0 aliphatic carbocycles. The highest BCUT2D eigenvalue weighted by Gasteiger charge is 2.37. The number of halogens is 1. The third kappa shape index (κ3) is 3.80. The number of carboxylic acids is 1. The second-order valence-corrected chi connectivity index (χ2v) is 6.60. The molecule has 132 valence electrons. The Morgan fingerprint density at radius 2 is 2.00 bits per heavy atom. The molecule has 25 heavy (non-hydrogen) atoms. The Hall–Kier alpha value is -2.04. The van der Waals surface area contributed by atoms with Crippen molar-refractivity contribution in [1.82, 2.24) is 4.90 Å². The first-order valence-corrected chi connectivity index (χ1v) is 8.95. The molecule has 0 amide bonds. The summed E-state index contributed by atoms with van der Waals surface area (Å²) in [6.07, 6.45) is 1.54. The van der Waals surface area contributed by atoms with Crippen LogP contribution in [0, 0.1) is 0 Å². The van der Waals surface area contributed by atoms with Crippen molar-refractivity contribution in [3.63, 3.8) is 0 Å². The average Bonchev–Trinajstić information content (AvgIpc) is 3.08. The van der Waals surface area contributed by atoms with E-state index in [1.807, 2.05) is 55.5 Å². The summed E-state index contributed by atoms with van der Waals surface area (Å²) in [4.78, 5) is 13.8. The number of rotatable bonds is 6. The summed E-state index contributed by atoms with van der Waals surface area (Å²) in [6, 6.07) is 14.8. The fourth-order valence-electron chi connectivity index (χ4n) is 3.55. The molecule has 1 N–H and O–H groups in total. The Morgan fingerprint density at radius 1 is 1.28 bits per heavy atom. The van der Waals surface area contributed by atoms with E-state index in [1.165, 1.54) is 0 Å². The van der Waals surface area contributed by atoms with Crippen molar-refractivity contribution < 1.29 is 14.6 Å². The topological polar surface area (TPSA) is 49.8 Å². The summed E-state index contributed by atoms with van der Waals surface area (Å²) >= 11 is 6.05. The summed E-state index contributed by atoms with van der Waals surface area (Å²) in [7, 11) is 0. The van der Waals surface area contributed by atoms with Gasteiger partial charge in [0.15, 0.2) is 0 Å². The number of nitrogens with zero attached hydrogens (tertiary/aromatic N) is 1. The van der Waals surface area contributed by atoms with E-state index in [-0.39, 0.29) is 6.04 Å². The van der Waals surface area contributed by atoms with Crippen LogP contribution in [0.5, 0.6) is 5.75 Å². The van der Waals surface area contributed by atoms with E-state index in [0.717, 1.165) is 29.8 Å². The standard InChI is InChI=1S/C20H22ClNO3/c1-2-25-18-8-4-3-6-16(18)19(14-9-11-15(21)12-10-14)22-13-5-7-17(22)20(23)24/h3-4,6,8-12,17,19H,2,5,7,13H2,1H3,(H,23,24). The largest absolute Gasteiger partial charge is 0.494 e. The molecule has 1 saturated heterocycles. The lowest BCUT2D eigenvalue weighted by atomic mass is 9.95. The third-order valence-corrected chi connectivity index (χ3v) is 4.86. The molecule has 3 rings (SSSR count). The van der Waals surface area contributed by atoms with Crippen molar-refractivity contribution in [3.05, 3.63) is 64.7 Å². The highest BCUT2D eigenvalue weighted by atomic mass is 35.5. The van der Waals surface area contributed by atoms with Gasteiger partial charge >= 0.3 is 5.97 Å². The third-order valence-electron chi connectivity index (χ3n) is 4.61. The van der Waals surface area contributed by atoms with E-state index in [2.05, 4.69) is 4.90 Å². The van der Waals surface area contributed by atoms with Gasteiger partial charge in [0, 0.05) is 17.1 Å². The molecule has 0 spiro atoms. The lowest BCUT2D eigenvalue weighted by Gasteiger charge is -2.33. The molecule has 0 saturated carbocycles. The predicted molar refractivity (Wildman–Crippen MR) is 98.3 cm³/mol. The van der Waals surface area contributed by atoms with Gasteiger partial charge < -0.3 is 9.84 Å². The first kappa shape index (κ1) is 17.8. The van der Waals surface area contributed by atoms with Gasteiger partial charge in [0.05, 0.1) is 12.6 Å². The normalized spacial score (nSPS) is 18.9. The smallest absolute Gasteiger partial charge is 0.320 e. The van der Waals surface area contributed by atoms with Gasteiger partial charge in [-0.25, -0.2) is 0 Å². The fraction of sp³-hybridized carbons (Fsp3) is 0.350. The van der Waals surface area contributed by atoms with Gasteiger partial charge in [0.2, 0.25) is 0 Å². The molecule has 1 aliphatic heterocycles. The van der Waals surface area contributed by atoms with Crippen molar-refractivity contribution >= 4 is 17.6 Å². The minimum Gasteiger partial charge on any atom is -0.494 e. The van der Waals surface area contributed by atoms with Crippen molar-refractivity contribution in [2.45, 2.75) is 31.8 Å². The number of carbonyl (C=O) groups is 1. The maximum atomic E-state index is 11.7. The molecule has 2 aromatic carbocycles. The van der Waals surface area contributed by atoms with Crippen LogP contribution in [0.2, 0.25) is 5.02 Å². The first-order chi connectivity index (χ1) is 12.1. The van der Waals surface area contributed by atoms with Crippen LogP contribution in [-0.4, -0.2) is 35.2 Å². The summed E-state index contributed by atoms with van der Waals surface area (Å²) < 4.78 is 5.82. The Morgan fingerprint density at radius 3 is 2.68 bits per heavy atom. The maximum absolute atomic E-state index is 11.7. The molecule has 2 atom stereocenters. The summed E-state index contributed by atoms with van der Waals surface area (Å²) in [6.45, 7) is 3.25. The van der Waals surface area contributed by atoms with Gasteiger partial charge in [0.1, 0.15) is 11.8 Å². The van der Waals surface area contributed by atoms with Crippen LogP contribution in [0.3, 0.4) is 0 Å². The van der Waals surface area contributed by atoms with Crippen molar-refractivity contribution in [1.29, 1.82) is 0 Å². The number of carboxylic acid groups (broad SMARTS) is 1. The van der Waals surface area contributed by atoms with Gasteiger partial charge in [-0.1, -0.05) is 41.9 Å². The predicted octanol–water partition coefficient (Wildman–Crippen LogP) is 4.38. The highest BCUT2D eigenvalue weighted by Crippen LogP contribution is 2.39. The van der Waals surface area contributed by atoms with Crippen LogP contribution in [0.15, 0.2) is 48.5 Å². The van der Waals surface area contributed by atoms with Crippen LogP contribution >= 0.6 is 11.6 Å². The molecule has 2 unspecified atom stereocenters. The lowest BCUT2D eigenvalue weighted by molar-refractivity contribution is -0.142. The van der Waals surface area contributed by atoms with E-state index < -0.39 is 12.0 Å². The first-order valence-electron chi connectivity index (χ1n) is 8.57. The zero-order valence-corrected chi connectivity index (χ0v) is 14.9. The number of hydrogen-bond donors (Lipinski definition) is 1. The maximum Gasteiger partial charge on any atom is 0.320 e. The number of hydrogen-bond acceptors (Lipinski definition) is 3. The number of ether oxygens (including phenoxy) is 1. The molecule has 1 heterocycles. The van der Waals surface area contributed by atoms with E-state index >= 15 is 0 Å². The van der Waals surface area contributed by atoms with Gasteiger partial charge in [-0.2, -0.15) is 0 Å². The SMILES string of the molecule is CCOc1ccccc1C(c1ccc(Cl)cc1)N1CCCC1C(=O)O. The fourth-order valence-corrected chi connectivity index (χ4v) is 3.68. The van der Waals surface area contributed by atoms with Crippen LogP contribution in [0.25, 0.3) is 0 Å². The number of benzene rings is 2. The Bertz CT molecular complexity index is 732. The van der Waals surface area contributed by atoms with E-state index in [9.17, 15) is 9.90 Å². The average molecular weight is 360 g/mol. The summed E-state index contributed by atoms with van der Waals surface area (Å²) in [5.41, 5.74) is 2.00. The molecule has 0 bridgehead atoms. The quantitative estimate of drug-likeness (QED) is 0.831. The van der Waals surface area contributed by atoms with E-state index in [0.29, 0.717) is 18.1 Å². The van der Waals surface area contributed by atoms with Crippen LogP contribution in [0.4, 0.5) is 0 Å². The summed E-state index contributed by atoms with van der Waals surface area (Å²) in [5, 5.41) is 10.3. The van der Waals surface area contributed by atoms with E-state index in [1.54, 1.807) is 0 Å². The number of para-hydroxylation sites is 1. The van der Waals surface area contributed by atoms with Gasteiger partial charge in [0.25, 0.3) is 0 Å². The van der Waals surface area contributed by atoms with E-state index in [4.69, 9.17) is 16.3 Å². The minimum atomic E-state index is -0.773. The lowest BCUT2D eigenvalue weighted by Crippen LogP contribution is -2.39. The monoisotopic (exact) mass is 359 g/mol.